The number of para-hydroxylation sites is 1. The maximum Gasteiger partial charge on any atom is 0.237 e. The summed E-state index contributed by atoms with van der Waals surface area (Å²) >= 11 is 1.37. The summed E-state index contributed by atoms with van der Waals surface area (Å²) in [6.07, 6.45) is 6.72. The molecule has 1 amide bonds. The van der Waals surface area contributed by atoms with E-state index >= 15 is 0 Å². The fraction of sp³-hybridized carbons (Fsp3) is 0.409. The molecular formula is C22H25N3OS. The molecule has 1 atom stereocenters. The van der Waals surface area contributed by atoms with E-state index in [1.54, 1.807) is 0 Å². The molecule has 2 aromatic rings. The molecule has 1 aliphatic rings. The van der Waals surface area contributed by atoms with Gasteiger partial charge in [0.25, 0.3) is 0 Å². The first-order valence-corrected chi connectivity index (χ1v) is 10.4. The van der Waals surface area contributed by atoms with Gasteiger partial charge in [0.1, 0.15) is 11.1 Å². The van der Waals surface area contributed by atoms with E-state index < -0.39 is 0 Å². The lowest BCUT2D eigenvalue weighted by atomic mass is 9.96. The van der Waals surface area contributed by atoms with Crippen molar-refractivity contribution in [2.45, 2.75) is 62.6 Å². The highest BCUT2D eigenvalue weighted by atomic mass is 32.2. The Morgan fingerprint density at radius 1 is 1.22 bits per heavy atom. The zero-order valence-electron chi connectivity index (χ0n) is 15.9. The number of nitriles is 1. The van der Waals surface area contributed by atoms with Crippen LogP contribution in [0.2, 0.25) is 0 Å². The number of aromatic nitrogens is 1. The van der Waals surface area contributed by atoms with Crippen molar-refractivity contribution in [2.75, 3.05) is 5.32 Å². The molecule has 0 fully saturated rings. The van der Waals surface area contributed by atoms with Crippen LogP contribution in [0.4, 0.5) is 5.69 Å². The van der Waals surface area contributed by atoms with Crippen molar-refractivity contribution in [3.63, 3.8) is 0 Å². The molecule has 1 N–H and O–H groups in total. The summed E-state index contributed by atoms with van der Waals surface area (Å²) in [6, 6.07) is 12.0. The smallest absolute Gasteiger partial charge is 0.237 e. The average Bonchev–Trinajstić information content (AvgIpc) is 2.64. The molecule has 5 heteroatoms. The molecule has 0 saturated carbocycles. The van der Waals surface area contributed by atoms with E-state index in [2.05, 4.69) is 11.4 Å². The van der Waals surface area contributed by atoms with Crippen molar-refractivity contribution in [3.05, 3.63) is 52.7 Å². The average molecular weight is 380 g/mol. The van der Waals surface area contributed by atoms with E-state index in [1.165, 1.54) is 30.2 Å². The molecule has 1 aliphatic carbocycles. The summed E-state index contributed by atoms with van der Waals surface area (Å²) < 4.78 is 0. The summed E-state index contributed by atoms with van der Waals surface area (Å²) in [5.74, 6) is -0.0771. The number of anilines is 1. The molecule has 1 unspecified atom stereocenters. The standard InChI is InChI=1S/C22H25N3OS/c1-15-9-7-8-11-19(15)24-21(26)16(2)27-22-18(14-23)13-17-10-5-3-4-6-12-20(17)25-22/h7-9,11,13,16H,3-6,10,12H2,1-2H3,(H,24,26). The van der Waals surface area contributed by atoms with Gasteiger partial charge in [0.05, 0.1) is 10.8 Å². The van der Waals surface area contributed by atoms with E-state index in [0.717, 1.165) is 42.6 Å². The summed E-state index contributed by atoms with van der Waals surface area (Å²) in [5, 5.41) is 12.9. The number of carbonyl (C=O) groups excluding carboxylic acids is 1. The Hall–Kier alpha value is -2.32. The summed E-state index contributed by atoms with van der Waals surface area (Å²) in [5.41, 5.74) is 4.73. The molecule has 0 radical (unpaired) electrons. The minimum atomic E-state index is -0.337. The Kier molecular flexibility index (Phi) is 6.52. The maximum absolute atomic E-state index is 12.6. The number of nitrogens with one attached hydrogen (secondary N) is 1. The number of nitrogens with zero attached hydrogens (tertiary/aromatic N) is 2. The van der Waals surface area contributed by atoms with Crippen LogP contribution in [0.5, 0.6) is 0 Å². The second kappa shape index (κ2) is 9.05. The first-order chi connectivity index (χ1) is 13.1. The number of hydrogen-bond acceptors (Lipinski definition) is 4. The fourth-order valence-electron chi connectivity index (χ4n) is 3.31. The van der Waals surface area contributed by atoms with Crippen molar-refractivity contribution in [1.82, 2.24) is 4.98 Å². The highest BCUT2D eigenvalue weighted by Gasteiger charge is 2.20. The zero-order valence-corrected chi connectivity index (χ0v) is 16.7. The molecule has 4 nitrogen and oxygen atoms in total. The summed E-state index contributed by atoms with van der Waals surface area (Å²) in [4.78, 5) is 17.4. The second-order valence-electron chi connectivity index (χ2n) is 7.04. The number of aryl methyl sites for hydroxylation is 3. The molecule has 140 valence electrons. The number of hydrogen-bond donors (Lipinski definition) is 1. The number of benzene rings is 1. The predicted octanol–water partition coefficient (Wildman–Crippen LogP) is 5.04. The van der Waals surface area contributed by atoms with Crippen LogP contribution in [0.15, 0.2) is 35.4 Å². The third-order valence-electron chi connectivity index (χ3n) is 4.95. The molecule has 0 aliphatic heterocycles. The van der Waals surface area contributed by atoms with Gasteiger partial charge in [-0.05, 0) is 62.8 Å². The lowest BCUT2D eigenvalue weighted by Gasteiger charge is -2.17. The van der Waals surface area contributed by atoms with E-state index in [0.29, 0.717) is 10.6 Å². The van der Waals surface area contributed by atoms with Gasteiger partial charge >= 0.3 is 0 Å². The molecule has 27 heavy (non-hydrogen) atoms. The van der Waals surface area contributed by atoms with Gasteiger partial charge in [-0.2, -0.15) is 5.26 Å². The van der Waals surface area contributed by atoms with Crippen LogP contribution in [0.3, 0.4) is 0 Å². The summed E-state index contributed by atoms with van der Waals surface area (Å²) in [7, 11) is 0. The quantitative estimate of drug-likeness (QED) is 0.756. The van der Waals surface area contributed by atoms with Gasteiger partial charge in [0, 0.05) is 11.4 Å². The first-order valence-electron chi connectivity index (χ1n) is 9.54. The number of thioether (sulfide) groups is 1. The van der Waals surface area contributed by atoms with Gasteiger partial charge in [-0.1, -0.05) is 42.8 Å². The minimum Gasteiger partial charge on any atom is -0.325 e. The van der Waals surface area contributed by atoms with Crippen LogP contribution in [-0.2, 0) is 17.6 Å². The van der Waals surface area contributed by atoms with Crippen molar-refractivity contribution in [1.29, 1.82) is 5.26 Å². The van der Waals surface area contributed by atoms with Crippen LogP contribution < -0.4 is 5.32 Å². The van der Waals surface area contributed by atoms with Crippen molar-refractivity contribution >= 4 is 23.4 Å². The lowest BCUT2D eigenvalue weighted by molar-refractivity contribution is -0.115. The Morgan fingerprint density at radius 2 is 1.96 bits per heavy atom. The van der Waals surface area contributed by atoms with E-state index in [4.69, 9.17) is 4.98 Å². The zero-order chi connectivity index (χ0) is 19.2. The normalized spacial score (nSPS) is 15.0. The highest BCUT2D eigenvalue weighted by molar-refractivity contribution is 8.00. The van der Waals surface area contributed by atoms with E-state index in [9.17, 15) is 10.1 Å². The number of carbonyl (C=O) groups is 1. The van der Waals surface area contributed by atoms with Gasteiger partial charge in [-0.3, -0.25) is 4.79 Å². The SMILES string of the molecule is Cc1ccccc1NC(=O)C(C)Sc1nc2c(cc1C#N)CCCCCC2. The number of amides is 1. The maximum atomic E-state index is 12.6. The molecule has 3 rings (SSSR count). The fourth-order valence-corrected chi connectivity index (χ4v) is 4.20. The Balaban J connectivity index is 1.77. The van der Waals surface area contributed by atoms with Gasteiger partial charge < -0.3 is 5.32 Å². The van der Waals surface area contributed by atoms with Crippen molar-refractivity contribution in [2.24, 2.45) is 0 Å². The van der Waals surface area contributed by atoms with Crippen LogP contribution in [-0.4, -0.2) is 16.1 Å². The highest BCUT2D eigenvalue weighted by Crippen LogP contribution is 2.29. The monoisotopic (exact) mass is 379 g/mol. The first kappa shape index (κ1) is 19.4. The molecule has 1 aromatic heterocycles. The number of pyridine rings is 1. The van der Waals surface area contributed by atoms with Crippen LogP contribution >= 0.6 is 11.8 Å². The van der Waals surface area contributed by atoms with Crippen molar-refractivity contribution < 1.29 is 4.79 Å². The minimum absolute atomic E-state index is 0.0771. The number of fused-ring (bicyclic) bond motifs is 1. The molecule has 1 aromatic carbocycles. The molecule has 0 bridgehead atoms. The Bertz CT molecular complexity index is 872. The Labute approximate surface area is 165 Å². The molecule has 0 spiro atoms. The van der Waals surface area contributed by atoms with E-state index in [-0.39, 0.29) is 11.2 Å². The topological polar surface area (TPSA) is 65.8 Å². The van der Waals surface area contributed by atoms with Crippen LogP contribution in [0.1, 0.15) is 55.0 Å². The third-order valence-corrected chi connectivity index (χ3v) is 6.05. The Morgan fingerprint density at radius 3 is 2.70 bits per heavy atom. The van der Waals surface area contributed by atoms with Gasteiger partial charge in [0.15, 0.2) is 0 Å². The molecular weight excluding hydrogens is 354 g/mol. The van der Waals surface area contributed by atoms with Crippen molar-refractivity contribution in [3.8, 4) is 6.07 Å². The van der Waals surface area contributed by atoms with Crippen LogP contribution in [0.25, 0.3) is 0 Å². The molecule has 1 heterocycles. The van der Waals surface area contributed by atoms with Gasteiger partial charge in [-0.25, -0.2) is 4.98 Å². The van der Waals surface area contributed by atoms with Gasteiger partial charge in [-0.15, -0.1) is 0 Å². The van der Waals surface area contributed by atoms with E-state index in [1.807, 2.05) is 44.2 Å². The van der Waals surface area contributed by atoms with Gasteiger partial charge in [0.2, 0.25) is 5.91 Å². The van der Waals surface area contributed by atoms with Crippen LogP contribution in [0, 0.1) is 18.3 Å². The summed E-state index contributed by atoms with van der Waals surface area (Å²) in [6.45, 7) is 3.83. The second-order valence-corrected chi connectivity index (χ2v) is 8.37. The molecule has 0 saturated heterocycles. The third kappa shape index (κ3) is 4.90. The largest absolute Gasteiger partial charge is 0.325 e. The number of rotatable bonds is 4. The lowest BCUT2D eigenvalue weighted by Crippen LogP contribution is -2.23. The predicted molar refractivity (Wildman–Crippen MR) is 110 cm³/mol.